The molecule has 0 saturated heterocycles. The average molecular weight is 314 g/mol. The SMILES string of the molecule is CC(C)c1nc2c(ccc3cc4c(cc32)OCc2ccccc2-4)[nH]1. The first-order chi connectivity index (χ1) is 11.7. The largest absolute Gasteiger partial charge is 0.488 e. The van der Waals surface area contributed by atoms with Gasteiger partial charge in [0.2, 0.25) is 0 Å². The molecule has 118 valence electrons. The molecule has 4 aromatic rings. The first-order valence-corrected chi connectivity index (χ1v) is 8.38. The van der Waals surface area contributed by atoms with Gasteiger partial charge >= 0.3 is 0 Å². The molecule has 5 rings (SSSR count). The van der Waals surface area contributed by atoms with E-state index in [0.29, 0.717) is 12.5 Å². The summed E-state index contributed by atoms with van der Waals surface area (Å²) in [6.45, 7) is 4.94. The van der Waals surface area contributed by atoms with E-state index in [0.717, 1.165) is 28.0 Å². The molecule has 2 heterocycles. The van der Waals surface area contributed by atoms with Crippen LogP contribution in [-0.2, 0) is 6.61 Å². The maximum Gasteiger partial charge on any atom is 0.128 e. The molecule has 1 N–H and O–H groups in total. The van der Waals surface area contributed by atoms with Crippen molar-refractivity contribution in [3.05, 3.63) is 59.9 Å². The van der Waals surface area contributed by atoms with Gasteiger partial charge in [-0.2, -0.15) is 0 Å². The number of aromatic nitrogens is 2. The Morgan fingerprint density at radius 1 is 1.04 bits per heavy atom. The Bertz CT molecular complexity index is 1090. The smallest absolute Gasteiger partial charge is 0.128 e. The van der Waals surface area contributed by atoms with Crippen LogP contribution < -0.4 is 4.74 Å². The fourth-order valence-corrected chi connectivity index (χ4v) is 3.51. The lowest BCUT2D eigenvalue weighted by Crippen LogP contribution is -2.05. The van der Waals surface area contributed by atoms with Crippen LogP contribution >= 0.6 is 0 Å². The molecule has 0 aliphatic carbocycles. The minimum absolute atomic E-state index is 0.383. The zero-order chi connectivity index (χ0) is 16.3. The van der Waals surface area contributed by atoms with Crippen molar-refractivity contribution in [3.63, 3.8) is 0 Å². The van der Waals surface area contributed by atoms with Crippen LogP contribution in [0.1, 0.15) is 31.2 Å². The van der Waals surface area contributed by atoms with Gasteiger partial charge < -0.3 is 9.72 Å². The molecule has 1 aromatic heterocycles. The summed E-state index contributed by atoms with van der Waals surface area (Å²) in [6, 6.07) is 17.1. The zero-order valence-electron chi connectivity index (χ0n) is 13.8. The first kappa shape index (κ1) is 13.6. The standard InChI is InChI=1S/C21H18N2O/c1-12(2)21-22-18-8-7-13-9-17-15-6-4-3-5-14(15)11-24-19(17)10-16(13)20(18)23-21/h3-10,12H,11H2,1-2H3,(H,22,23). The van der Waals surface area contributed by atoms with Gasteiger partial charge in [0.15, 0.2) is 0 Å². The maximum absolute atomic E-state index is 6.02. The molecule has 0 amide bonds. The summed E-state index contributed by atoms with van der Waals surface area (Å²) in [4.78, 5) is 8.25. The number of benzene rings is 3. The van der Waals surface area contributed by atoms with E-state index < -0.39 is 0 Å². The minimum Gasteiger partial charge on any atom is -0.488 e. The summed E-state index contributed by atoms with van der Waals surface area (Å²) in [5, 5.41) is 2.34. The van der Waals surface area contributed by atoms with E-state index in [4.69, 9.17) is 9.72 Å². The molecular weight excluding hydrogens is 296 g/mol. The van der Waals surface area contributed by atoms with Crippen molar-refractivity contribution in [2.45, 2.75) is 26.4 Å². The molecular formula is C21H18N2O. The van der Waals surface area contributed by atoms with Crippen molar-refractivity contribution in [2.75, 3.05) is 0 Å². The van der Waals surface area contributed by atoms with Crippen molar-refractivity contribution in [3.8, 4) is 16.9 Å². The molecule has 0 unspecified atom stereocenters. The Balaban J connectivity index is 1.81. The lowest BCUT2D eigenvalue weighted by molar-refractivity contribution is 0.303. The molecule has 3 aromatic carbocycles. The Kier molecular flexibility index (Phi) is 2.75. The number of H-pyrrole nitrogens is 1. The summed E-state index contributed by atoms with van der Waals surface area (Å²) >= 11 is 0. The van der Waals surface area contributed by atoms with Gasteiger partial charge in [-0.25, -0.2) is 4.98 Å². The Labute approximate surface area is 140 Å². The molecule has 1 aliphatic rings. The summed E-state index contributed by atoms with van der Waals surface area (Å²) in [5.74, 6) is 2.36. The molecule has 3 heteroatoms. The zero-order valence-corrected chi connectivity index (χ0v) is 13.8. The monoisotopic (exact) mass is 314 g/mol. The summed E-state index contributed by atoms with van der Waals surface area (Å²) in [6.07, 6.45) is 0. The summed E-state index contributed by atoms with van der Waals surface area (Å²) in [5.41, 5.74) is 5.80. The number of imidazole rings is 1. The molecule has 0 spiro atoms. The lowest BCUT2D eigenvalue weighted by atomic mass is 9.94. The fourth-order valence-electron chi connectivity index (χ4n) is 3.51. The van der Waals surface area contributed by atoms with Crippen LogP contribution in [0.25, 0.3) is 32.9 Å². The number of nitrogens with one attached hydrogen (secondary N) is 1. The first-order valence-electron chi connectivity index (χ1n) is 8.38. The van der Waals surface area contributed by atoms with Gasteiger partial charge in [-0.1, -0.05) is 44.2 Å². The third kappa shape index (κ3) is 1.88. The number of hydrogen-bond donors (Lipinski definition) is 1. The van der Waals surface area contributed by atoms with Crippen molar-refractivity contribution in [1.29, 1.82) is 0 Å². The second kappa shape index (κ2) is 4.84. The Morgan fingerprint density at radius 3 is 2.79 bits per heavy atom. The second-order valence-corrected chi connectivity index (χ2v) is 6.75. The molecule has 0 radical (unpaired) electrons. The highest BCUT2D eigenvalue weighted by molar-refractivity contribution is 6.06. The number of rotatable bonds is 1. The van der Waals surface area contributed by atoms with Crippen LogP contribution in [0.3, 0.4) is 0 Å². The predicted molar refractivity (Wildman–Crippen MR) is 97.5 cm³/mol. The maximum atomic E-state index is 6.02. The van der Waals surface area contributed by atoms with Gasteiger partial charge in [0.25, 0.3) is 0 Å². The van der Waals surface area contributed by atoms with Crippen molar-refractivity contribution in [2.24, 2.45) is 0 Å². The average Bonchev–Trinajstić information content (AvgIpc) is 3.05. The van der Waals surface area contributed by atoms with E-state index in [2.05, 4.69) is 67.4 Å². The van der Waals surface area contributed by atoms with E-state index >= 15 is 0 Å². The van der Waals surface area contributed by atoms with E-state index in [1.54, 1.807) is 0 Å². The van der Waals surface area contributed by atoms with E-state index in [1.807, 2.05) is 0 Å². The van der Waals surface area contributed by atoms with Gasteiger partial charge in [0.05, 0.1) is 11.0 Å². The topological polar surface area (TPSA) is 37.9 Å². The molecule has 0 saturated carbocycles. The molecule has 1 aliphatic heterocycles. The molecule has 3 nitrogen and oxygen atoms in total. The highest BCUT2D eigenvalue weighted by atomic mass is 16.5. The van der Waals surface area contributed by atoms with Gasteiger partial charge in [0, 0.05) is 16.9 Å². The Hall–Kier alpha value is -2.81. The molecule has 24 heavy (non-hydrogen) atoms. The third-order valence-corrected chi connectivity index (χ3v) is 4.82. The summed E-state index contributed by atoms with van der Waals surface area (Å²) < 4.78 is 6.02. The number of nitrogens with zero attached hydrogens (tertiary/aromatic N) is 1. The quantitative estimate of drug-likeness (QED) is 0.511. The van der Waals surface area contributed by atoms with Crippen molar-refractivity contribution < 1.29 is 4.74 Å². The number of aromatic amines is 1. The van der Waals surface area contributed by atoms with Gasteiger partial charge in [-0.3, -0.25) is 0 Å². The van der Waals surface area contributed by atoms with Crippen LogP contribution in [0.5, 0.6) is 5.75 Å². The van der Waals surface area contributed by atoms with Crippen LogP contribution in [0.4, 0.5) is 0 Å². The van der Waals surface area contributed by atoms with Crippen molar-refractivity contribution in [1.82, 2.24) is 9.97 Å². The molecule has 0 fully saturated rings. The van der Waals surface area contributed by atoms with E-state index in [9.17, 15) is 0 Å². The fraction of sp³-hybridized carbons (Fsp3) is 0.190. The van der Waals surface area contributed by atoms with Crippen LogP contribution in [0.15, 0.2) is 48.5 Å². The van der Waals surface area contributed by atoms with Gasteiger partial charge in [0.1, 0.15) is 18.2 Å². The Morgan fingerprint density at radius 2 is 1.92 bits per heavy atom. The third-order valence-electron chi connectivity index (χ3n) is 4.82. The van der Waals surface area contributed by atoms with Gasteiger partial charge in [-0.15, -0.1) is 0 Å². The normalized spacial score (nSPS) is 13.1. The lowest BCUT2D eigenvalue weighted by Gasteiger charge is -2.21. The number of fused-ring (bicyclic) bond motifs is 6. The van der Waals surface area contributed by atoms with E-state index in [1.165, 1.54) is 22.1 Å². The van der Waals surface area contributed by atoms with Crippen LogP contribution in [0.2, 0.25) is 0 Å². The van der Waals surface area contributed by atoms with E-state index in [-0.39, 0.29) is 0 Å². The molecule has 0 bridgehead atoms. The predicted octanol–water partition coefficient (Wildman–Crippen LogP) is 5.40. The number of hydrogen-bond acceptors (Lipinski definition) is 2. The minimum atomic E-state index is 0.383. The highest BCUT2D eigenvalue weighted by Crippen LogP contribution is 2.41. The molecule has 0 atom stereocenters. The summed E-state index contributed by atoms with van der Waals surface area (Å²) in [7, 11) is 0. The second-order valence-electron chi connectivity index (χ2n) is 6.75. The number of ether oxygens (including phenoxy) is 1. The van der Waals surface area contributed by atoms with Gasteiger partial charge in [-0.05, 0) is 34.7 Å². The van der Waals surface area contributed by atoms with Crippen LogP contribution in [0, 0.1) is 0 Å². The highest BCUT2D eigenvalue weighted by Gasteiger charge is 2.19. The van der Waals surface area contributed by atoms with Crippen molar-refractivity contribution >= 4 is 21.8 Å². The van der Waals surface area contributed by atoms with Crippen LogP contribution in [-0.4, -0.2) is 9.97 Å².